The van der Waals surface area contributed by atoms with E-state index in [-0.39, 0.29) is 5.82 Å². The highest BCUT2D eigenvalue weighted by Crippen LogP contribution is 2.26. The number of hydrogen-bond acceptors (Lipinski definition) is 6. The summed E-state index contributed by atoms with van der Waals surface area (Å²) in [6.45, 7) is 2.16. The molecule has 0 unspecified atom stereocenters. The molecule has 2 heterocycles. The van der Waals surface area contributed by atoms with Gasteiger partial charge in [-0.15, -0.1) is 0 Å². The van der Waals surface area contributed by atoms with Gasteiger partial charge in [0.05, 0.1) is 16.8 Å². The van der Waals surface area contributed by atoms with Crippen molar-refractivity contribution in [2.75, 3.05) is 5.32 Å². The molecule has 0 fully saturated rings. The number of nitrogens with one attached hydrogen (secondary N) is 1. The van der Waals surface area contributed by atoms with E-state index in [1.807, 2.05) is 0 Å². The van der Waals surface area contributed by atoms with Crippen LogP contribution in [0.3, 0.4) is 0 Å². The van der Waals surface area contributed by atoms with E-state index in [1.54, 1.807) is 13.0 Å². The Hall–Kier alpha value is -2.02. The molecule has 0 bridgehead atoms. The third-order valence-electron chi connectivity index (χ3n) is 2.31. The van der Waals surface area contributed by atoms with Gasteiger partial charge in [-0.3, -0.25) is 0 Å². The lowest BCUT2D eigenvalue weighted by Gasteiger charge is -1.95. The molecule has 0 aliphatic heterocycles. The summed E-state index contributed by atoms with van der Waals surface area (Å²) in [5.41, 5.74) is 0.769. The molecule has 7 heteroatoms. The lowest BCUT2D eigenvalue weighted by molar-refractivity contribution is 0.379. The van der Waals surface area contributed by atoms with Gasteiger partial charge in [0, 0.05) is 0 Å². The molecule has 0 atom stereocenters. The second-order valence-corrected chi connectivity index (χ2v) is 4.75. The summed E-state index contributed by atoms with van der Waals surface area (Å²) in [6.07, 6.45) is 0. The van der Waals surface area contributed by atoms with Crippen LogP contribution in [-0.4, -0.2) is 15.1 Å². The van der Waals surface area contributed by atoms with Crippen molar-refractivity contribution >= 4 is 26.7 Å². The Morgan fingerprint density at radius 3 is 3.06 bits per heavy atom. The summed E-state index contributed by atoms with van der Waals surface area (Å²) in [7, 11) is 0. The monoisotopic (exact) mass is 264 g/mol. The molecule has 0 radical (unpaired) electrons. The topological polar surface area (TPSA) is 63.8 Å². The molecular formula is C11H9FN4OS. The van der Waals surface area contributed by atoms with Gasteiger partial charge in [-0.1, -0.05) is 16.5 Å². The molecular weight excluding hydrogens is 255 g/mol. The van der Waals surface area contributed by atoms with Crippen LogP contribution in [0.5, 0.6) is 0 Å². The zero-order chi connectivity index (χ0) is 12.5. The van der Waals surface area contributed by atoms with Crippen LogP contribution in [0.2, 0.25) is 0 Å². The highest BCUT2D eigenvalue weighted by molar-refractivity contribution is 7.22. The fourth-order valence-corrected chi connectivity index (χ4v) is 2.42. The standard InChI is InChI=1S/C11H9FN4OS/c1-6-14-10(17-16-6)5-13-11-15-8-3-2-7(12)4-9(8)18-11/h2-4H,5H2,1H3,(H,13,15). The Balaban J connectivity index is 1.78. The van der Waals surface area contributed by atoms with Crippen molar-refractivity contribution in [1.82, 2.24) is 15.1 Å². The fraction of sp³-hybridized carbons (Fsp3) is 0.182. The number of rotatable bonds is 3. The number of fused-ring (bicyclic) bond motifs is 1. The van der Waals surface area contributed by atoms with Gasteiger partial charge in [-0.05, 0) is 25.1 Å². The number of nitrogens with zero attached hydrogens (tertiary/aromatic N) is 3. The maximum atomic E-state index is 13.0. The van der Waals surface area contributed by atoms with Crippen molar-refractivity contribution in [2.45, 2.75) is 13.5 Å². The SMILES string of the molecule is Cc1noc(CNc2nc3ccc(F)cc3s2)n1. The number of aromatic nitrogens is 3. The molecule has 0 aliphatic rings. The van der Waals surface area contributed by atoms with Gasteiger partial charge in [-0.2, -0.15) is 4.98 Å². The van der Waals surface area contributed by atoms with Crippen molar-refractivity contribution in [3.8, 4) is 0 Å². The van der Waals surface area contributed by atoms with E-state index >= 15 is 0 Å². The van der Waals surface area contributed by atoms with Crippen LogP contribution >= 0.6 is 11.3 Å². The number of benzene rings is 1. The van der Waals surface area contributed by atoms with E-state index in [1.165, 1.54) is 23.5 Å². The summed E-state index contributed by atoms with van der Waals surface area (Å²) < 4.78 is 18.8. The van der Waals surface area contributed by atoms with Crippen LogP contribution in [0.4, 0.5) is 9.52 Å². The first-order valence-corrected chi connectivity index (χ1v) is 6.11. The summed E-state index contributed by atoms with van der Waals surface area (Å²) in [5, 5.41) is 7.46. The molecule has 0 spiro atoms. The van der Waals surface area contributed by atoms with Gasteiger partial charge in [0.2, 0.25) is 5.89 Å². The number of aryl methyl sites for hydroxylation is 1. The number of anilines is 1. The van der Waals surface area contributed by atoms with Gasteiger partial charge in [0.1, 0.15) is 5.82 Å². The third-order valence-corrected chi connectivity index (χ3v) is 3.29. The summed E-state index contributed by atoms with van der Waals surface area (Å²) in [6, 6.07) is 4.52. The molecule has 92 valence electrons. The van der Waals surface area contributed by atoms with Gasteiger partial charge in [-0.25, -0.2) is 9.37 Å². The average molecular weight is 264 g/mol. The van der Waals surface area contributed by atoms with Crippen LogP contribution in [0.15, 0.2) is 22.7 Å². The molecule has 0 saturated heterocycles. The third kappa shape index (κ3) is 2.17. The van der Waals surface area contributed by atoms with Crippen molar-refractivity contribution in [2.24, 2.45) is 0 Å². The molecule has 0 saturated carbocycles. The fourth-order valence-electron chi connectivity index (χ4n) is 1.54. The van der Waals surface area contributed by atoms with Crippen LogP contribution in [-0.2, 0) is 6.54 Å². The molecule has 1 N–H and O–H groups in total. The van der Waals surface area contributed by atoms with Gasteiger partial charge in [0.25, 0.3) is 0 Å². The Bertz CT molecular complexity index is 693. The Labute approximate surface area is 106 Å². The highest BCUT2D eigenvalue weighted by atomic mass is 32.1. The zero-order valence-corrected chi connectivity index (χ0v) is 10.3. The molecule has 3 aromatic rings. The quantitative estimate of drug-likeness (QED) is 0.788. The highest BCUT2D eigenvalue weighted by Gasteiger charge is 2.06. The lowest BCUT2D eigenvalue weighted by atomic mass is 10.3. The van der Waals surface area contributed by atoms with E-state index in [9.17, 15) is 4.39 Å². The Morgan fingerprint density at radius 2 is 2.28 bits per heavy atom. The summed E-state index contributed by atoms with van der Waals surface area (Å²) in [4.78, 5) is 8.40. The minimum Gasteiger partial charge on any atom is -0.352 e. The predicted octanol–water partition coefficient (Wildman–Crippen LogP) is 2.74. The van der Waals surface area contributed by atoms with Crippen LogP contribution < -0.4 is 5.32 Å². The smallest absolute Gasteiger partial charge is 0.246 e. The molecule has 0 aliphatic carbocycles. The maximum Gasteiger partial charge on any atom is 0.246 e. The Morgan fingerprint density at radius 1 is 1.39 bits per heavy atom. The maximum absolute atomic E-state index is 13.0. The lowest BCUT2D eigenvalue weighted by Crippen LogP contribution is -1.98. The zero-order valence-electron chi connectivity index (χ0n) is 9.48. The van der Waals surface area contributed by atoms with Gasteiger partial charge < -0.3 is 9.84 Å². The molecule has 18 heavy (non-hydrogen) atoms. The first-order valence-electron chi connectivity index (χ1n) is 5.30. The van der Waals surface area contributed by atoms with Crippen molar-refractivity contribution in [1.29, 1.82) is 0 Å². The molecule has 3 rings (SSSR count). The summed E-state index contributed by atoms with van der Waals surface area (Å²) >= 11 is 1.39. The number of halogens is 1. The average Bonchev–Trinajstić information content (AvgIpc) is 2.92. The minimum absolute atomic E-state index is 0.259. The van der Waals surface area contributed by atoms with Crippen molar-refractivity contribution in [3.63, 3.8) is 0 Å². The van der Waals surface area contributed by atoms with E-state index in [2.05, 4.69) is 20.4 Å². The first-order chi connectivity index (χ1) is 8.70. The molecule has 1 aromatic carbocycles. The van der Waals surface area contributed by atoms with E-state index in [0.29, 0.717) is 23.4 Å². The summed E-state index contributed by atoms with van der Waals surface area (Å²) in [5.74, 6) is 0.835. The molecule has 2 aromatic heterocycles. The van der Waals surface area contributed by atoms with Crippen LogP contribution in [0.25, 0.3) is 10.2 Å². The largest absolute Gasteiger partial charge is 0.352 e. The molecule has 0 amide bonds. The van der Waals surface area contributed by atoms with Crippen molar-refractivity contribution in [3.05, 3.63) is 35.7 Å². The number of thiazole rings is 1. The number of hydrogen-bond donors (Lipinski definition) is 1. The second-order valence-electron chi connectivity index (χ2n) is 3.72. The Kier molecular flexibility index (Phi) is 2.67. The molecule has 5 nitrogen and oxygen atoms in total. The first kappa shape index (κ1) is 11.1. The predicted molar refractivity (Wildman–Crippen MR) is 65.9 cm³/mol. The van der Waals surface area contributed by atoms with Crippen LogP contribution in [0, 0.1) is 12.7 Å². The van der Waals surface area contributed by atoms with Gasteiger partial charge >= 0.3 is 0 Å². The van der Waals surface area contributed by atoms with Gasteiger partial charge in [0.15, 0.2) is 11.0 Å². The van der Waals surface area contributed by atoms with Crippen molar-refractivity contribution < 1.29 is 8.91 Å². The minimum atomic E-state index is -0.259. The second kappa shape index (κ2) is 4.34. The normalized spacial score (nSPS) is 11.0. The van der Waals surface area contributed by atoms with E-state index in [4.69, 9.17) is 4.52 Å². The van der Waals surface area contributed by atoms with E-state index < -0.39 is 0 Å². The van der Waals surface area contributed by atoms with Crippen LogP contribution in [0.1, 0.15) is 11.7 Å². The van der Waals surface area contributed by atoms with E-state index in [0.717, 1.165) is 10.2 Å².